The van der Waals surface area contributed by atoms with Gasteiger partial charge in [-0.25, -0.2) is 4.39 Å². The smallest absolute Gasteiger partial charge is 0.146 e. The van der Waals surface area contributed by atoms with Crippen molar-refractivity contribution >= 4 is 5.69 Å². The summed E-state index contributed by atoms with van der Waals surface area (Å²) in [4.78, 5) is 0. The normalized spacial score (nSPS) is 25.8. The molecule has 0 heterocycles. The van der Waals surface area contributed by atoms with Gasteiger partial charge in [0.1, 0.15) is 5.82 Å². The van der Waals surface area contributed by atoms with Crippen LogP contribution in [0.3, 0.4) is 0 Å². The van der Waals surface area contributed by atoms with Crippen molar-refractivity contribution in [3.63, 3.8) is 0 Å². The van der Waals surface area contributed by atoms with Crippen LogP contribution in [0.25, 0.3) is 0 Å². The molecule has 0 aliphatic heterocycles. The summed E-state index contributed by atoms with van der Waals surface area (Å²) in [6.07, 6.45) is 1.28. The Bertz CT molecular complexity index is 434. The van der Waals surface area contributed by atoms with Gasteiger partial charge < -0.3 is 15.8 Å². The molecule has 0 aromatic heterocycles. The van der Waals surface area contributed by atoms with Gasteiger partial charge in [0.05, 0.1) is 11.8 Å². The van der Waals surface area contributed by atoms with E-state index in [1.54, 1.807) is 13.2 Å². The number of anilines is 1. The number of nitrogens with one attached hydrogen (secondary N) is 1. The van der Waals surface area contributed by atoms with E-state index in [4.69, 9.17) is 10.5 Å². The van der Waals surface area contributed by atoms with E-state index in [-0.39, 0.29) is 16.9 Å². The third kappa shape index (κ3) is 2.22. The highest BCUT2D eigenvalue weighted by molar-refractivity contribution is 5.47. The molecule has 2 atom stereocenters. The summed E-state index contributed by atoms with van der Waals surface area (Å²) in [5.41, 5.74) is 6.87. The first-order valence-electron chi connectivity index (χ1n) is 6.26. The van der Waals surface area contributed by atoms with Crippen LogP contribution in [-0.2, 0) is 11.3 Å². The zero-order valence-electron chi connectivity index (χ0n) is 11.2. The Morgan fingerprint density at radius 2 is 2.22 bits per heavy atom. The summed E-state index contributed by atoms with van der Waals surface area (Å²) in [6, 6.07) is 5.30. The second-order valence-electron chi connectivity index (χ2n) is 5.53. The Kier molecular flexibility index (Phi) is 3.59. The van der Waals surface area contributed by atoms with E-state index >= 15 is 0 Å². The number of nitrogen functional groups attached to an aromatic ring is 1. The van der Waals surface area contributed by atoms with E-state index in [1.165, 1.54) is 6.07 Å². The van der Waals surface area contributed by atoms with E-state index in [0.717, 1.165) is 12.0 Å². The van der Waals surface area contributed by atoms with Gasteiger partial charge in [-0.05, 0) is 18.1 Å². The van der Waals surface area contributed by atoms with E-state index in [1.807, 2.05) is 6.07 Å². The first kappa shape index (κ1) is 13.3. The summed E-state index contributed by atoms with van der Waals surface area (Å²) in [5.74, 6) is -0.350. The van der Waals surface area contributed by atoms with Crippen LogP contribution in [0.15, 0.2) is 18.2 Å². The van der Waals surface area contributed by atoms with Crippen molar-refractivity contribution in [2.75, 3.05) is 12.8 Å². The van der Waals surface area contributed by atoms with Crippen molar-refractivity contribution in [2.45, 2.75) is 39.0 Å². The molecule has 1 saturated carbocycles. The highest BCUT2D eigenvalue weighted by Gasteiger charge is 2.48. The van der Waals surface area contributed by atoms with Gasteiger partial charge in [-0.1, -0.05) is 26.0 Å². The Labute approximate surface area is 108 Å². The molecular formula is C14H21FN2O. The summed E-state index contributed by atoms with van der Waals surface area (Å²) < 4.78 is 18.7. The largest absolute Gasteiger partial charge is 0.396 e. The van der Waals surface area contributed by atoms with Crippen LogP contribution in [0.5, 0.6) is 0 Å². The third-order valence-corrected chi connectivity index (χ3v) is 4.14. The number of nitrogens with two attached hydrogens (primary N) is 1. The van der Waals surface area contributed by atoms with Gasteiger partial charge in [0, 0.05) is 25.1 Å². The van der Waals surface area contributed by atoms with Crippen LogP contribution in [-0.4, -0.2) is 19.3 Å². The summed E-state index contributed by atoms with van der Waals surface area (Å²) in [6.45, 7) is 4.95. The molecule has 2 rings (SSSR count). The molecule has 1 fully saturated rings. The molecule has 0 bridgehead atoms. The van der Waals surface area contributed by atoms with Gasteiger partial charge in [0.2, 0.25) is 0 Å². The molecular weight excluding hydrogens is 231 g/mol. The van der Waals surface area contributed by atoms with Crippen molar-refractivity contribution in [1.29, 1.82) is 0 Å². The average Bonchev–Trinajstić information content (AvgIpc) is 2.33. The van der Waals surface area contributed by atoms with Gasteiger partial charge in [-0.3, -0.25) is 0 Å². The fourth-order valence-electron chi connectivity index (χ4n) is 2.60. The molecule has 0 radical (unpaired) electrons. The number of ether oxygens (including phenoxy) is 1. The van der Waals surface area contributed by atoms with E-state index in [2.05, 4.69) is 19.2 Å². The lowest BCUT2D eigenvalue weighted by atomic mass is 9.64. The monoisotopic (exact) mass is 252 g/mol. The molecule has 0 saturated heterocycles. The molecule has 18 heavy (non-hydrogen) atoms. The second kappa shape index (κ2) is 4.86. The predicted molar refractivity (Wildman–Crippen MR) is 70.6 cm³/mol. The Hall–Kier alpha value is -1.13. The standard InChI is InChI=1S/C14H21FN2O/c1-14(2)11(7-12(14)18-3)17-8-9-5-4-6-10(15)13(9)16/h4-6,11-12,17H,7-8,16H2,1-3H3. The highest BCUT2D eigenvalue weighted by Crippen LogP contribution is 2.42. The number of hydrogen-bond donors (Lipinski definition) is 2. The maximum Gasteiger partial charge on any atom is 0.146 e. The van der Waals surface area contributed by atoms with Crippen LogP contribution >= 0.6 is 0 Å². The van der Waals surface area contributed by atoms with Gasteiger partial charge in [-0.15, -0.1) is 0 Å². The van der Waals surface area contributed by atoms with Crippen molar-refractivity contribution in [2.24, 2.45) is 5.41 Å². The van der Waals surface area contributed by atoms with Crippen LogP contribution in [0, 0.1) is 11.2 Å². The lowest BCUT2D eigenvalue weighted by Crippen LogP contribution is -2.60. The average molecular weight is 252 g/mol. The van der Waals surface area contributed by atoms with Gasteiger partial charge in [-0.2, -0.15) is 0 Å². The van der Waals surface area contributed by atoms with Crippen molar-refractivity contribution < 1.29 is 9.13 Å². The lowest BCUT2D eigenvalue weighted by Gasteiger charge is -2.51. The predicted octanol–water partition coefficient (Wildman–Crippen LogP) is 2.31. The topological polar surface area (TPSA) is 47.3 Å². The minimum absolute atomic E-state index is 0.108. The van der Waals surface area contributed by atoms with Crippen molar-refractivity contribution in [3.05, 3.63) is 29.6 Å². The summed E-state index contributed by atoms with van der Waals surface area (Å²) in [5, 5.41) is 3.43. The summed E-state index contributed by atoms with van der Waals surface area (Å²) in [7, 11) is 1.74. The molecule has 100 valence electrons. The van der Waals surface area contributed by atoms with E-state index in [9.17, 15) is 4.39 Å². The number of benzene rings is 1. The summed E-state index contributed by atoms with van der Waals surface area (Å²) >= 11 is 0. The first-order valence-corrected chi connectivity index (χ1v) is 6.26. The quantitative estimate of drug-likeness (QED) is 0.808. The van der Waals surface area contributed by atoms with Gasteiger partial charge >= 0.3 is 0 Å². The Balaban J connectivity index is 1.95. The van der Waals surface area contributed by atoms with Crippen LogP contribution < -0.4 is 11.1 Å². The van der Waals surface area contributed by atoms with Crippen LogP contribution in [0.1, 0.15) is 25.8 Å². The van der Waals surface area contributed by atoms with Crippen LogP contribution in [0.2, 0.25) is 0 Å². The maximum absolute atomic E-state index is 13.3. The number of halogens is 1. The first-order chi connectivity index (χ1) is 8.46. The molecule has 3 nitrogen and oxygen atoms in total. The molecule has 4 heteroatoms. The van der Waals surface area contributed by atoms with Crippen LogP contribution in [0.4, 0.5) is 10.1 Å². The Morgan fingerprint density at radius 1 is 1.50 bits per heavy atom. The fraction of sp³-hybridized carbons (Fsp3) is 0.571. The van der Waals surface area contributed by atoms with Crippen molar-refractivity contribution in [1.82, 2.24) is 5.32 Å². The van der Waals surface area contributed by atoms with Crippen molar-refractivity contribution in [3.8, 4) is 0 Å². The highest BCUT2D eigenvalue weighted by atomic mass is 19.1. The zero-order chi connectivity index (χ0) is 13.3. The molecule has 1 aromatic carbocycles. The number of para-hydroxylation sites is 1. The second-order valence-corrected chi connectivity index (χ2v) is 5.53. The van der Waals surface area contributed by atoms with Gasteiger partial charge in [0.25, 0.3) is 0 Å². The fourth-order valence-corrected chi connectivity index (χ4v) is 2.60. The lowest BCUT2D eigenvalue weighted by molar-refractivity contribution is -0.0978. The zero-order valence-corrected chi connectivity index (χ0v) is 11.2. The number of hydrogen-bond acceptors (Lipinski definition) is 3. The molecule has 3 N–H and O–H groups in total. The third-order valence-electron chi connectivity index (χ3n) is 4.14. The number of rotatable bonds is 4. The van der Waals surface area contributed by atoms with E-state index in [0.29, 0.717) is 18.7 Å². The maximum atomic E-state index is 13.3. The molecule has 0 amide bonds. The SMILES string of the molecule is COC1CC(NCc2cccc(F)c2N)C1(C)C. The molecule has 1 aliphatic rings. The number of methoxy groups -OCH3 is 1. The van der Waals surface area contributed by atoms with Gasteiger partial charge in [0.15, 0.2) is 0 Å². The molecule has 2 unspecified atom stereocenters. The minimum atomic E-state index is -0.350. The molecule has 1 aromatic rings. The molecule has 1 aliphatic carbocycles. The molecule has 0 spiro atoms. The Morgan fingerprint density at radius 3 is 2.83 bits per heavy atom. The minimum Gasteiger partial charge on any atom is -0.396 e. The van der Waals surface area contributed by atoms with E-state index < -0.39 is 0 Å².